The Balaban J connectivity index is 1.62. The first-order valence-electron chi connectivity index (χ1n) is 11.3. The van der Waals surface area contributed by atoms with Gasteiger partial charge in [-0.2, -0.15) is 0 Å². The molecular formula is C26H27F2N3O5. The topological polar surface area (TPSA) is 104 Å². The average Bonchev–Trinajstić information content (AvgIpc) is 2.82. The second-order valence-corrected chi connectivity index (χ2v) is 9.19. The van der Waals surface area contributed by atoms with Gasteiger partial charge in [-0.3, -0.25) is 4.79 Å². The maximum atomic E-state index is 14.5. The number of fused-ring (bicyclic) bond motifs is 1. The lowest BCUT2D eigenvalue weighted by molar-refractivity contribution is 0.0257. The maximum Gasteiger partial charge on any atom is 0.259 e. The summed E-state index contributed by atoms with van der Waals surface area (Å²) in [4.78, 5) is 19.3. The lowest BCUT2D eigenvalue weighted by Gasteiger charge is -2.37. The molecule has 3 N–H and O–H groups in total. The van der Waals surface area contributed by atoms with Crippen LogP contribution in [0.5, 0.6) is 11.5 Å². The number of aliphatic hydroxyl groups is 2. The van der Waals surface area contributed by atoms with Gasteiger partial charge < -0.3 is 29.9 Å². The summed E-state index contributed by atoms with van der Waals surface area (Å²) >= 11 is 0. The van der Waals surface area contributed by atoms with Gasteiger partial charge >= 0.3 is 0 Å². The number of anilines is 3. The van der Waals surface area contributed by atoms with Gasteiger partial charge in [0, 0.05) is 24.0 Å². The number of nitrogens with zero attached hydrogens (tertiary/aromatic N) is 2. The third-order valence-corrected chi connectivity index (χ3v) is 5.46. The van der Waals surface area contributed by atoms with E-state index in [4.69, 9.17) is 9.47 Å². The van der Waals surface area contributed by atoms with Crippen LogP contribution in [0.25, 0.3) is 0 Å². The molecular weight excluding hydrogens is 472 g/mol. The molecule has 0 aliphatic carbocycles. The predicted molar refractivity (Wildman–Crippen MR) is 130 cm³/mol. The number of hydrogen-bond acceptors (Lipinski definition) is 7. The molecule has 1 atom stereocenters. The zero-order valence-electron chi connectivity index (χ0n) is 20.1. The van der Waals surface area contributed by atoms with Gasteiger partial charge in [0.2, 0.25) is 0 Å². The number of pyridine rings is 1. The lowest BCUT2D eigenvalue weighted by atomic mass is 10.1. The van der Waals surface area contributed by atoms with E-state index in [1.165, 1.54) is 19.9 Å². The molecule has 0 radical (unpaired) electrons. The summed E-state index contributed by atoms with van der Waals surface area (Å²) in [7, 11) is 0. The third-order valence-electron chi connectivity index (χ3n) is 5.46. The summed E-state index contributed by atoms with van der Waals surface area (Å²) in [6.45, 7) is 4.37. The molecule has 0 saturated carbocycles. The molecule has 0 unspecified atom stereocenters. The smallest absolute Gasteiger partial charge is 0.259 e. The summed E-state index contributed by atoms with van der Waals surface area (Å²) in [5.41, 5.74) is 0.234. The number of aryl methyl sites for hydroxylation is 1. The van der Waals surface area contributed by atoms with E-state index in [-0.39, 0.29) is 36.8 Å². The molecule has 3 aromatic rings. The molecule has 10 heteroatoms. The Morgan fingerprint density at radius 2 is 1.97 bits per heavy atom. The van der Waals surface area contributed by atoms with E-state index in [0.29, 0.717) is 11.5 Å². The fourth-order valence-corrected chi connectivity index (χ4v) is 3.76. The van der Waals surface area contributed by atoms with Crippen molar-refractivity contribution in [1.29, 1.82) is 0 Å². The number of aromatic nitrogens is 1. The number of hydrogen-bond donors (Lipinski definition) is 3. The highest BCUT2D eigenvalue weighted by atomic mass is 19.1. The molecule has 1 aromatic heterocycles. The number of nitrogens with one attached hydrogen (secondary N) is 1. The first-order chi connectivity index (χ1) is 17.1. The van der Waals surface area contributed by atoms with Gasteiger partial charge in [0.25, 0.3) is 5.91 Å². The third kappa shape index (κ3) is 5.39. The van der Waals surface area contributed by atoms with Crippen LogP contribution in [0.4, 0.5) is 26.0 Å². The van der Waals surface area contributed by atoms with Crippen molar-refractivity contribution >= 4 is 23.1 Å². The van der Waals surface area contributed by atoms with Crippen LogP contribution in [0.15, 0.2) is 48.7 Å². The van der Waals surface area contributed by atoms with Crippen LogP contribution in [-0.4, -0.2) is 52.6 Å². The highest BCUT2D eigenvalue weighted by Crippen LogP contribution is 2.41. The van der Waals surface area contributed by atoms with Crippen LogP contribution < -0.4 is 19.7 Å². The number of para-hydroxylation sites is 1. The Labute approximate surface area is 207 Å². The molecule has 0 saturated heterocycles. The van der Waals surface area contributed by atoms with Gasteiger partial charge in [-0.25, -0.2) is 13.8 Å². The molecule has 0 bridgehead atoms. The highest BCUT2D eigenvalue weighted by molar-refractivity contribution is 6.07. The predicted octanol–water partition coefficient (Wildman–Crippen LogP) is 3.96. The molecule has 1 aliphatic heterocycles. The fourth-order valence-electron chi connectivity index (χ4n) is 3.76. The van der Waals surface area contributed by atoms with E-state index in [9.17, 15) is 23.8 Å². The van der Waals surface area contributed by atoms with Crippen LogP contribution >= 0.6 is 0 Å². The van der Waals surface area contributed by atoms with Crippen molar-refractivity contribution < 1.29 is 33.3 Å². The quantitative estimate of drug-likeness (QED) is 0.452. The van der Waals surface area contributed by atoms with E-state index >= 15 is 0 Å². The van der Waals surface area contributed by atoms with E-state index < -0.39 is 34.9 Å². The number of halogens is 2. The maximum absolute atomic E-state index is 14.5. The second kappa shape index (κ2) is 10.1. The van der Waals surface area contributed by atoms with Gasteiger partial charge in [-0.15, -0.1) is 0 Å². The number of carbonyl (C=O) groups excluding carboxylic acids is 1. The fraction of sp³-hybridized carbons (Fsp3) is 0.308. The Kier molecular flexibility index (Phi) is 7.09. The van der Waals surface area contributed by atoms with Crippen LogP contribution in [-0.2, 0) is 0 Å². The second-order valence-electron chi connectivity index (χ2n) is 9.19. The van der Waals surface area contributed by atoms with Gasteiger partial charge in [-0.1, -0.05) is 12.1 Å². The van der Waals surface area contributed by atoms with Crippen molar-refractivity contribution in [3.63, 3.8) is 0 Å². The molecule has 1 amide bonds. The van der Waals surface area contributed by atoms with Gasteiger partial charge in [0.05, 0.1) is 29.5 Å². The Morgan fingerprint density at radius 3 is 2.58 bits per heavy atom. The summed E-state index contributed by atoms with van der Waals surface area (Å²) in [6.07, 6.45) is 1.70. The van der Waals surface area contributed by atoms with E-state index in [1.54, 1.807) is 23.2 Å². The molecule has 2 aromatic carbocycles. The van der Waals surface area contributed by atoms with Crippen molar-refractivity contribution in [2.75, 3.05) is 30.0 Å². The normalized spacial score (nSPS) is 15.2. The van der Waals surface area contributed by atoms with Gasteiger partial charge in [0.1, 0.15) is 19.0 Å². The molecule has 0 fully saturated rings. The summed E-state index contributed by atoms with van der Waals surface area (Å²) in [5, 5.41) is 22.1. The largest absolute Gasteiger partial charge is 0.488 e. The van der Waals surface area contributed by atoms with Crippen molar-refractivity contribution in [1.82, 2.24) is 4.98 Å². The highest BCUT2D eigenvalue weighted by Gasteiger charge is 2.32. The minimum absolute atomic E-state index is 0.0971. The number of ether oxygens (including phenoxy) is 2. The van der Waals surface area contributed by atoms with Crippen LogP contribution in [0.1, 0.15) is 29.8 Å². The number of benzene rings is 2. The number of carbonyl (C=O) groups is 1. The van der Waals surface area contributed by atoms with Crippen molar-refractivity contribution in [2.45, 2.75) is 32.4 Å². The van der Waals surface area contributed by atoms with Crippen molar-refractivity contribution in [3.05, 3.63) is 71.4 Å². The minimum Gasteiger partial charge on any atom is -0.488 e. The number of aliphatic hydroxyl groups excluding tert-OH is 1. The molecule has 2 heterocycles. The minimum atomic E-state index is -1.28. The standard InChI is InChI=1S/C26H27F2N3O5/c1-15-7-8-22(29-11-15)31-17(12-32)13-35-23-18(5-4-6-21(23)31)25(33)30-16-9-19(27)24(20(28)10-16)36-14-26(2,3)34/h4-11,17,32,34H,12-14H2,1-3H3,(H,30,33)/t17-/m0/s1. The Hall–Kier alpha value is -3.76. The van der Waals surface area contributed by atoms with Crippen LogP contribution in [0.3, 0.4) is 0 Å². The zero-order chi connectivity index (χ0) is 26.0. The first kappa shape index (κ1) is 25.3. The SMILES string of the molecule is Cc1ccc(N2c3cccc(C(=O)Nc4cc(F)c(OCC(C)(C)O)c(F)c4)c3OC[C@@H]2CO)nc1. The van der Waals surface area contributed by atoms with Gasteiger partial charge in [-0.05, 0) is 44.5 Å². The molecule has 1 aliphatic rings. The Morgan fingerprint density at radius 1 is 1.25 bits per heavy atom. The van der Waals surface area contributed by atoms with Crippen LogP contribution in [0, 0.1) is 18.6 Å². The summed E-state index contributed by atoms with van der Waals surface area (Å²) < 4.78 is 39.9. The summed E-state index contributed by atoms with van der Waals surface area (Å²) in [6, 6.07) is 10.1. The molecule has 8 nitrogen and oxygen atoms in total. The molecule has 0 spiro atoms. The van der Waals surface area contributed by atoms with Crippen molar-refractivity contribution in [3.8, 4) is 11.5 Å². The van der Waals surface area contributed by atoms with E-state index in [0.717, 1.165) is 17.7 Å². The Bertz CT molecular complexity index is 1240. The first-order valence-corrected chi connectivity index (χ1v) is 11.3. The van der Waals surface area contributed by atoms with E-state index in [1.807, 2.05) is 19.1 Å². The zero-order valence-corrected chi connectivity index (χ0v) is 20.1. The monoisotopic (exact) mass is 499 g/mol. The summed E-state index contributed by atoms with van der Waals surface area (Å²) in [5.74, 6) is -2.51. The van der Waals surface area contributed by atoms with E-state index in [2.05, 4.69) is 10.3 Å². The average molecular weight is 500 g/mol. The lowest BCUT2D eigenvalue weighted by Crippen LogP contribution is -2.43. The molecule has 36 heavy (non-hydrogen) atoms. The molecule has 4 rings (SSSR count). The van der Waals surface area contributed by atoms with Crippen LogP contribution in [0.2, 0.25) is 0 Å². The van der Waals surface area contributed by atoms with Gasteiger partial charge in [0.15, 0.2) is 23.1 Å². The number of rotatable bonds is 7. The van der Waals surface area contributed by atoms with Crippen molar-refractivity contribution in [2.24, 2.45) is 0 Å². The number of amides is 1. The molecule has 190 valence electrons.